The first-order valence-corrected chi connectivity index (χ1v) is 8.16. The van der Waals surface area contributed by atoms with Crippen molar-refractivity contribution in [1.82, 2.24) is 9.55 Å². The Kier molecular flexibility index (Phi) is 4.34. The van der Waals surface area contributed by atoms with Gasteiger partial charge in [0, 0.05) is 10.4 Å². The summed E-state index contributed by atoms with van der Waals surface area (Å²) >= 11 is 1.57. The predicted octanol–water partition coefficient (Wildman–Crippen LogP) is 3.09. The Morgan fingerprint density at radius 3 is 2.74 bits per heavy atom. The van der Waals surface area contributed by atoms with Gasteiger partial charge in [0.05, 0.1) is 32.5 Å². The van der Waals surface area contributed by atoms with Crippen LogP contribution in [0.2, 0.25) is 0 Å². The van der Waals surface area contributed by atoms with E-state index in [0.717, 1.165) is 28.3 Å². The number of aromatic nitrogens is 2. The van der Waals surface area contributed by atoms with Crippen molar-refractivity contribution in [3.8, 4) is 11.5 Å². The summed E-state index contributed by atoms with van der Waals surface area (Å²) in [5.74, 6) is 1.45. The molecule has 0 saturated carbocycles. The summed E-state index contributed by atoms with van der Waals surface area (Å²) in [6.07, 6.45) is 2.50. The fourth-order valence-corrected chi connectivity index (χ4v) is 3.41. The van der Waals surface area contributed by atoms with Gasteiger partial charge in [-0.05, 0) is 30.7 Å². The van der Waals surface area contributed by atoms with E-state index in [1.165, 1.54) is 4.88 Å². The van der Waals surface area contributed by atoms with Crippen LogP contribution in [0.1, 0.15) is 17.4 Å². The Labute approximate surface area is 138 Å². The first-order chi connectivity index (χ1) is 11.2. The minimum absolute atomic E-state index is 0.0316. The third-order valence-corrected chi connectivity index (χ3v) is 4.93. The van der Waals surface area contributed by atoms with Crippen molar-refractivity contribution in [2.24, 2.45) is 0 Å². The van der Waals surface area contributed by atoms with Crippen LogP contribution >= 0.6 is 11.3 Å². The molecule has 0 saturated heterocycles. The lowest BCUT2D eigenvalue weighted by atomic mass is 10.2. The maximum Gasteiger partial charge on any atom is 0.262 e. The van der Waals surface area contributed by atoms with Crippen molar-refractivity contribution < 1.29 is 9.47 Å². The van der Waals surface area contributed by atoms with Gasteiger partial charge in [0.15, 0.2) is 0 Å². The van der Waals surface area contributed by atoms with E-state index in [0.29, 0.717) is 11.9 Å². The summed E-state index contributed by atoms with van der Waals surface area (Å²) in [5, 5.41) is 0.677. The minimum atomic E-state index is -0.0316. The molecular weight excluding hydrogens is 312 g/mol. The Bertz CT molecular complexity index is 898. The van der Waals surface area contributed by atoms with E-state index in [2.05, 4.69) is 11.9 Å². The second kappa shape index (κ2) is 6.42. The molecule has 0 spiro atoms. The van der Waals surface area contributed by atoms with Crippen molar-refractivity contribution in [1.29, 1.82) is 0 Å². The molecule has 0 aliphatic rings. The highest BCUT2D eigenvalue weighted by atomic mass is 32.1. The molecule has 0 bridgehead atoms. The zero-order valence-electron chi connectivity index (χ0n) is 13.3. The quantitative estimate of drug-likeness (QED) is 0.721. The molecule has 0 aliphatic heterocycles. The normalized spacial score (nSPS) is 10.9. The molecule has 3 rings (SSSR count). The Hall–Kier alpha value is -2.34. The number of aryl methyl sites for hydroxylation is 1. The van der Waals surface area contributed by atoms with Crippen LogP contribution in [0.25, 0.3) is 10.2 Å². The topological polar surface area (TPSA) is 53.4 Å². The lowest BCUT2D eigenvalue weighted by Crippen LogP contribution is -2.20. The third kappa shape index (κ3) is 2.94. The van der Waals surface area contributed by atoms with Crippen LogP contribution in [-0.2, 0) is 13.0 Å². The zero-order valence-corrected chi connectivity index (χ0v) is 14.1. The molecule has 0 amide bonds. The molecule has 0 aliphatic carbocycles. The van der Waals surface area contributed by atoms with Gasteiger partial charge in [-0.3, -0.25) is 9.36 Å². The predicted molar refractivity (Wildman–Crippen MR) is 91.9 cm³/mol. The summed E-state index contributed by atoms with van der Waals surface area (Å²) < 4.78 is 12.2. The Morgan fingerprint density at radius 2 is 2.04 bits per heavy atom. The number of rotatable bonds is 5. The molecule has 120 valence electrons. The van der Waals surface area contributed by atoms with Crippen molar-refractivity contribution in [3.63, 3.8) is 0 Å². The smallest absolute Gasteiger partial charge is 0.262 e. The largest absolute Gasteiger partial charge is 0.497 e. The molecule has 0 unspecified atom stereocenters. The van der Waals surface area contributed by atoms with Crippen LogP contribution in [0.15, 0.2) is 35.4 Å². The molecule has 0 atom stereocenters. The van der Waals surface area contributed by atoms with Crippen LogP contribution in [0.4, 0.5) is 0 Å². The average Bonchev–Trinajstić information content (AvgIpc) is 3.01. The summed E-state index contributed by atoms with van der Waals surface area (Å²) in [6.45, 7) is 2.46. The first kappa shape index (κ1) is 15.6. The molecule has 2 aromatic heterocycles. The molecule has 0 fully saturated rings. The van der Waals surface area contributed by atoms with E-state index in [1.54, 1.807) is 36.5 Å². The number of nitrogens with zero attached hydrogens (tertiary/aromatic N) is 2. The van der Waals surface area contributed by atoms with Gasteiger partial charge in [-0.15, -0.1) is 11.3 Å². The molecule has 23 heavy (non-hydrogen) atoms. The van der Waals surface area contributed by atoms with Gasteiger partial charge in [0.1, 0.15) is 16.3 Å². The summed E-state index contributed by atoms with van der Waals surface area (Å²) in [4.78, 5) is 19.0. The molecule has 6 heteroatoms. The minimum Gasteiger partial charge on any atom is -0.497 e. The lowest BCUT2D eigenvalue weighted by Gasteiger charge is -2.11. The molecule has 2 heterocycles. The van der Waals surface area contributed by atoms with E-state index in [9.17, 15) is 4.79 Å². The molecule has 0 radical (unpaired) electrons. The van der Waals surface area contributed by atoms with Crippen LogP contribution in [0.5, 0.6) is 11.5 Å². The number of hydrogen-bond donors (Lipinski definition) is 0. The maximum atomic E-state index is 12.7. The van der Waals surface area contributed by atoms with E-state index in [1.807, 2.05) is 24.3 Å². The fourth-order valence-electron chi connectivity index (χ4n) is 2.49. The van der Waals surface area contributed by atoms with E-state index in [4.69, 9.17) is 9.47 Å². The van der Waals surface area contributed by atoms with Gasteiger partial charge < -0.3 is 9.47 Å². The van der Waals surface area contributed by atoms with Crippen molar-refractivity contribution in [2.75, 3.05) is 14.2 Å². The number of fused-ring (bicyclic) bond motifs is 1. The van der Waals surface area contributed by atoms with Gasteiger partial charge in [-0.1, -0.05) is 6.92 Å². The molecule has 3 aromatic rings. The number of ether oxygens (including phenoxy) is 2. The van der Waals surface area contributed by atoms with Crippen LogP contribution in [0, 0.1) is 0 Å². The van der Waals surface area contributed by atoms with Gasteiger partial charge in [0.2, 0.25) is 0 Å². The van der Waals surface area contributed by atoms with Gasteiger partial charge >= 0.3 is 0 Å². The summed E-state index contributed by atoms with van der Waals surface area (Å²) in [5.41, 5.74) is 0.844. The number of hydrogen-bond acceptors (Lipinski definition) is 5. The lowest BCUT2D eigenvalue weighted by molar-refractivity contribution is 0.397. The van der Waals surface area contributed by atoms with E-state index >= 15 is 0 Å². The highest BCUT2D eigenvalue weighted by Gasteiger charge is 2.11. The van der Waals surface area contributed by atoms with Gasteiger partial charge in [-0.2, -0.15) is 0 Å². The first-order valence-electron chi connectivity index (χ1n) is 7.35. The average molecular weight is 330 g/mol. The van der Waals surface area contributed by atoms with E-state index < -0.39 is 0 Å². The number of benzene rings is 1. The van der Waals surface area contributed by atoms with Crippen LogP contribution in [0.3, 0.4) is 0 Å². The second-order valence-corrected chi connectivity index (χ2v) is 6.26. The number of thiophene rings is 1. The van der Waals surface area contributed by atoms with Gasteiger partial charge in [-0.25, -0.2) is 4.98 Å². The molecule has 0 N–H and O–H groups in total. The van der Waals surface area contributed by atoms with Gasteiger partial charge in [0.25, 0.3) is 5.56 Å². The highest BCUT2D eigenvalue weighted by molar-refractivity contribution is 7.18. The molecular formula is C17H18N2O3S. The highest BCUT2D eigenvalue weighted by Crippen LogP contribution is 2.25. The monoisotopic (exact) mass is 330 g/mol. The third-order valence-electron chi connectivity index (χ3n) is 3.75. The Morgan fingerprint density at radius 1 is 1.22 bits per heavy atom. The maximum absolute atomic E-state index is 12.7. The van der Waals surface area contributed by atoms with Crippen molar-refractivity contribution in [3.05, 3.63) is 51.4 Å². The molecule has 1 aromatic carbocycles. The van der Waals surface area contributed by atoms with Crippen molar-refractivity contribution >= 4 is 21.6 Å². The summed E-state index contributed by atoms with van der Waals surface area (Å²) in [6, 6.07) is 7.49. The SMILES string of the molecule is CCc1cc2c(=O)n(Cc3cc(OC)ccc3OC)cnc2s1. The standard InChI is InChI=1S/C17H18N2O3S/c1-4-13-8-14-16(23-13)18-10-19(17(14)20)9-11-7-12(21-2)5-6-15(11)22-3/h5-8,10H,4,9H2,1-3H3. The van der Waals surface area contributed by atoms with Crippen LogP contribution in [-0.4, -0.2) is 23.8 Å². The van der Waals surface area contributed by atoms with Crippen LogP contribution < -0.4 is 15.0 Å². The van der Waals surface area contributed by atoms with Crippen molar-refractivity contribution in [2.45, 2.75) is 19.9 Å². The second-order valence-electron chi connectivity index (χ2n) is 5.14. The molecule has 5 nitrogen and oxygen atoms in total. The summed E-state index contributed by atoms with van der Waals surface area (Å²) in [7, 11) is 3.23. The number of methoxy groups -OCH3 is 2. The fraction of sp³-hybridized carbons (Fsp3) is 0.294. The Balaban J connectivity index is 2.04. The van der Waals surface area contributed by atoms with E-state index in [-0.39, 0.29) is 5.56 Å². The zero-order chi connectivity index (χ0) is 16.4.